The summed E-state index contributed by atoms with van der Waals surface area (Å²) in [5.74, 6) is -40.2. The number of halogens is 12. The van der Waals surface area contributed by atoms with E-state index in [1.807, 2.05) is 0 Å². The van der Waals surface area contributed by atoms with Crippen LogP contribution in [0.25, 0.3) is 0 Å². The van der Waals surface area contributed by atoms with Gasteiger partial charge in [0, 0.05) is 6.42 Å². The lowest BCUT2D eigenvalue weighted by atomic mass is 9.79. The molecule has 0 heterocycles. The molecule has 17 heteroatoms. The van der Waals surface area contributed by atoms with Gasteiger partial charge in [-0.05, 0) is 13.3 Å². The third-order valence-corrected chi connectivity index (χ3v) is 4.48. The first-order valence-corrected chi connectivity index (χ1v) is 8.71. The van der Waals surface area contributed by atoms with E-state index in [2.05, 4.69) is 16.2 Å². The number of esters is 1. The molecule has 214 valence electrons. The number of allylic oxidation sites excluding steroid dienone is 1. The molecule has 0 saturated heterocycles. The predicted octanol–water partition coefficient (Wildman–Crippen LogP) is 7.19. The fourth-order valence-electron chi connectivity index (χ4n) is 2.55. The number of alkyl halides is 12. The predicted molar refractivity (Wildman–Crippen MR) is 100 cm³/mol. The Morgan fingerprint density at radius 1 is 0.972 bits per heavy atom. The lowest BCUT2D eigenvalue weighted by Crippen LogP contribution is -2.69. The lowest BCUT2D eigenvalue weighted by molar-refractivity contribution is -0.414. The van der Waals surface area contributed by atoms with Gasteiger partial charge >= 0.3 is 42.0 Å². The monoisotopic (exact) mass is 559 g/mol. The molecule has 0 aromatic rings. The van der Waals surface area contributed by atoms with Crippen LogP contribution in [0.3, 0.4) is 0 Å². The maximum atomic E-state index is 13.7. The van der Waals surface area contributed by atoms with Crippen LogP contribution in [-0.4, -0.2) is 53.9 Å². The molecule has 0 rings (SSSR count). The molecule has 36 heavy (non-hydrogen) atoms. The van der Waals surface area contributed by atoms with E-state index in [9.17, 15) is 57.5 Å². The number of nitrogens with zero attached hydrogens (tertiary/aromatic N) is 1. The Morgan fingerprint density at radius 3 is 1.78 bits per heavy atom. The number of hydrogen-bond donors (Lipinski definition) is 1. The molecule has 0 bridgehead atoms. The fourth-order valence-corrected chi connectivity index (χ4v) is 2.55. The molecule has 0 aromatic heterocycles. The van der Waals surface area contributed by atoms with E-state index in [1.54, 1.807) is 6.07 Å². The van der Waals surface area contributed by atoms with E-state index < -0.39 is 72.8 Å². The van der Waals surface area contributed by atoms with Crippen LogP contribution in [0, 0.1) is 22.7 Å². The van der Waals surface area contributed by atoms with Crippen molar-refractivity contribution in [2.75, 3.05) is 6.61 Å². The van der Waals surface area contributed by atoms with Gasteiger partial charge in [-0.15, -0.1) is 0 Å². The Morgan fingerprint density at radius 2 is 1.42 bits per heavy atom. The molecular formula is C19H25F12NO4. The smallest absolute Gasteiger partial charge is 0.384 e. The highest BCUT2D eigenvalue weighted by Crippen LogP contribution is 2.58. The van der Waals surface area contributed by atoms with Crippen molar-refractivity contribution in [3.63, 3.8) is 0 Å². The first-order valence-electron chi connectivity index (χ1n) is 8.71. The van der Waals surface area contributed by atoms with E-state index in [4.69, 9.17) is 10.5 Å². The second kappa shape index (κ2) is 12.2. The summed E-state index contributed by atoms with van der Waals surface area (Å²) in [4.78, 5) is 15.5. The number of nitriles is 1. The van der Waals surface area contributed by atoms with Crippen molar-refractivity contribution in [3.05, 3.63) is 12.3 Å². The number of carbonyl (C=O) groups excluding carboxylic acids is 1. The van der Waals surface area contributed by atoms with Crippen LogP contribution >= 0.6 is 0 Å². The summed E-state index contributed by atoms with van der Waals surface area (Å²) in [6.45, 7) is 2.17. The van der Waals surface area contributed by atoms with Crippen LogP contribution in [0.15, 0.2) is 12.3 Å². The van der Waals surface area contributed by atoms with Gasteiger partial charge < -0.3 is 9.62 Å². The normalized spacial score (nSPS) is 15.5. The summed E-state index contributed by atoms with van der Waals surface area (Å²) in [5.41, 5.74) is -1.60. The van der Waals surface area contributed by atoms with Gasteiger partial charge in [-0.1, -0.05) is 28.4 Å². The zero-order valence-corrected chi connectivity index (χ0v) is 17.1. The van der Waals surface area contributed by atoms with Crippen molar-refractivity contribution in [1.82, 2.24) is 0 Å². The third kappa shape index (κ3) is 7.10. The van der Waals surface area contributed by atoms with Crippen molar-refractivity contribution >= 4 is 5.97 Å². The van der Waals surface area contributed by atoms with Gasteiger partial charge in [-0.2, -0.15) is 49.2 Å². The van der Waals surface area contributed by atoms with E-state index in [0.717, 1.165) is 13.8 Å². The quantitative estimate of drug-likeness (QED) is 0.0850. The molecule has 1 N–H and O–H groups in total. The largest absolute Gasteiger partial charge is 0.459 e. The lowest BCUT2D eigenvalue weighted by Gasteiger charge is -2.39. The first-order chi connectivity index (χ1) is 15.0. The molecule has 0 aliphatic rings. The molecule has 0 aliphatic heterocycles. The van der Waals surface area contributed by atoms with Crippen LogP contribution in [0.2, 0.25) is 0 Å². The number of ether oxygens (including phenoxy) is 1. The van der Waals surface area contributed by atoms with Gasteiger partial charge in [0.1, 0.15) is 5.76 Å². The van der Waals surface area contributed by atoms with Crippen molar-refractivity contribution < 1.29 is 72.4 Å². The Bertz CT molecular complexity index is 798. The molecular weight excluding hydrogens is 534 g/mol. The van der Waals surface area contributed by atoms with Crippen LogP contribution in [0.1, 0.15) is 41.5 Å². The fraction of sp³-hybridized carbons (Fsp3) is 0.789. The number of carbonyl (C=O) groups is 1. The summed E-state index contributed by atoms with van der Waals surface area (Å²) in [6, 6.07) is 1.64. The number of rotatable bonds is 13. The number of hydrogen-bond acceptors (Lipinski definition) is 5. The average Bonchev–Trinajstić information content (AvgIpc) is 2.70. The van der Waals surface area contributed by atoms with Gasteiger partial charge in [0.25, 0.3) is 0 Å². The third-order valence-electron chi connectivity index (χ3n) is 4.48. The van der Waals surface area contributed by atoms with E-state index in [0.29, 0.717) is 0 Å². The molecule has 0 radical (unpaired) electrons. The minimum atomic E-state index is -7.73. The highest BCUT2D eigenvalue weighted by molar-refractivity contribution is 5.72. The molecule has 0 aromatic carbocycles. The summed E-state index contributed by atoms with van der Waals surface area (Å²) in [5, 5.41) is 17.6. The van der Waals surface area contributed by atoms with Crippen LogP contribution in [-0.2, 0) is 14.4 Å². The molecule has 5 nitrogen and oxygen atoms in total. The van der Waals surface area contributed by atoms with Gasteiger partial charge in [-0.25, -0.2) is 14.0 Å². The summed E-state index contributed by atoms with van der Waals surface area (Å²) in [6.07, 6.45) is -6.66. The standard InChI is InChI=1S/C17H17F12NO4.2CH4/c1-8(4-12(3,6-30)5-9(2)34-32)10(31)33-7-13(20,21)15(24,25)17(28,29)16(26,27)14(22,23)11(18)19;;/h8,11,32H,2,4-5,7H2,1,3H3;2*1H4. The molecule has 2 atom stereocenters. The van der Waals surface area contributed by atoms with Gasteiger partial charge in [0.2, 0.25) is 0 Å². The average molecular weight is 559 g/mol. The van der Waals surface area contributed by atoms with Crippen molar-refractivity contribution in [2.45, 2.75) is 77.6 Å². The Hall–Kier alpha value is -2.38. The summed E-state index contributed by atoms with van der Waals surface area (Å²) < 4.78 is 161. The minimum absolute atomic E-state index is 0. The molecule has 0 spiro atoms. The van der Waals surface area contributed by atoms with Crippen LogP contribution < -0.4 is 0 Å². The van der Waals surface area contributed by atoms with Crippen LogP contribution in [0.4, 0.5) is 52.7 Å². The maximum absolute atomic E-state index is 13.7. The molecule has 0 aliphatic carbocycles. The molecule has 0 fully saturated rings. The Balaban J connectivity index is -0.00000544. The van der Waals surface area contributed by atoms with E-state index in [-0.39, 0.29) is 20.6 Å². The second-order valence-corrected chi connectivity index (χ2v) is 7.54. The summed E-state index contributed by atoms with van der Waals surface area (Å²) in [7, 11) is 0. The second-order valence-electron chi connectivity index (χ2n) is 7.54. The Kier molecular flexibility index (Phi) is 13.0. The van der Waals surface area contributed by atoms with Crippen LogP contribution in [0.5, 0.6) is 0 Å². The zero-order chi connectivity index (χ0) is 27.6. The molecule has 2 unspecified atom stereocenters. The highest BCUT2D eigenvalue weighted by Gasteiger charge is 2.87. The first kappa shape index (κ1) is 38.2. The van der Waals surface area contributed by atoms with Crippen molar-refractivity contribution in [2.24, 2.45) is 11.3 Å². The minimum Gasteiger partial charge on any atom is -0.459 e. The highest BCUT2D eigenvalue weighted by atomic mass is 19.4. The van der Waals surface area contributed by atoms with Gasteiger partial charge in [0.15, 0.2) is 6.61 Å². The summed E-state index contributed by atoms with van der Waals surface area (Å²) >= 11 is 0. The molecule has 0 amide bonds. The van der Waals surface area contributed by atoms with Gasteiger partial charge in [0.05, 0.1) is 17.4 Å². The van der Waals surface area contributed by atoms with E-state index in [1.165, 1.54) is 0 Å². The SMILES string of the molecule is C.C.C=C(CC(C)(C#N)CC(C)C(=O)OCC(F)(F)C(F)(F)C(F)(F)C(F)(F)C(F)(F)C(F)F)OO. The maximum Gasteiger partial charge on any atom is 0.384 e. The molecule has 0 saturated carbocycles. The Labute approximate surface area is 198 Å². The van der Waals surface area contributed by atoms with Gasteiger partial charge in [-0.3, -0.25) is 4.79 Å². The van der Waals surface area contributed by atoms with E-state index >= 15 is 0 Å². The van der Waals surface area contributed by atoms with Crippen molar-refractivity contribution in [3.8, 4) is 6.07 Å². The zero-order valence-electron chi connectivity index (χ0n) is 17.1. The topological polar surface area (TPSA) is 79.6 Å². The van der Waals surface area contributed by atoms with Crippen molar-refractivity contribution in [1.29, 1.82) is 5.26 Å².